The highest BCUT2D eigenvalue weighted by atomic mass is 35.5. The number of rotatable bonds is 5. The molecule has 2 aromatic rings. The molecule has 126 valence electrons. The fraction of sp³-hybridized carbons (Fsp3) is 0.294. The quantitative estimate of drug-likeness (QED) is 0.895. The Bertz CT molecular complexity index is 620. The number of benzene rings is 1. The average molecular weight is 356 g/mol. The van der Waals surface area contributed by atoms with Crippen LogP contribution in [0.3, 0.4) is 0 Å². The summed E-state index contributed by atoms with van der Waals surface area (Å²) in [5.41, 5.74) is 9.06. The molecule has 1 heterocycles. The Morgan fingerprint density at radius 1 is 1.09 bits per heavy atom. The number of nitrogens with two attached hydrogens (primary N) is 1. The standard InChI is InChI=1S/C17H21N3O.2ClH/c1-13-8-9-16(14(2)19-13)17(21)20(11-10-18)12-15-6-4-3-5-7-15;;/h3-9H,10-12,18H2,1-2H3;2*1H. The topological polar surface area (TPSA) is 59.2 Å². The van der Waals surface area contributed by atoms with Crippen LogP contribution in [0.2, 0.25) is 0 Å². The van der Waals surface area contributed by atoms with Gasteiger partial charge in [-0.25, -0.2) is 0 Å². The molecule has 1 aromatic heterocycles. The number of nitrogens with zero attached hydrogens (tertiary/aromatic N) is 2. The third kappa shape index (κ3) is 5.82. The van der Waals surface area contributed by atoms with Crippen molar-refractivity contribution < 1.29 is 4.79 Å². The van der Waals surface area contributed by atoms with Crippen LogP contribution < -0.4 is 5.73 Å². The van der Waals surface area contributed by atoms with E-state index in [2.05, 4.69) is 4.98 Å². The number of pyridine rings is 1. The molecule has 4 nitrogen and oxygen atoms in total. The molecule has 0 fully saturated rings. The number of amides is 1. The highest BCUT2D eigenvalue weighted by molar-refractivity contribution is 5.95. The van der Waals surface area contributed by atoms with E-state index in [4.69, 9.17) is 5.73 Å². The van der Waals surface area contributed by atoms with Crippen molar-refractivity contribution in [1.82, 2.24) is 9.88 Å². The maximum Gasteiger partial charge on any atom is 0.256 e. The number of halogens is 2. The molecule has 0 unspecified atom stereocenters. The molecule has 0 atom stereocenters. The van der Waals surface area contributed by atoms with E-state index in [0.29, 0.717) is 25.2 Å². The molecule has 2 N–H and O–H groups in total. The summed E-state index contributed by atoms with van der Waals surface area (Å²) in [5.74, 6) is -0.0192. The molecule has 23 heavy (non-hydrogen) atoms. The third-order valence-electron chi connectivity index (χ3n) is 3.36. The number of hydrogen-bond acceptors (Lipinski definition) is 3. The van der Waals surface area contributed by atoms with E-state index in [-0.39, 0.29) is 30.7 Å². The summed E-state index contributed by atoms with van der Waals surface area (Å²) < 4.78 is 0. The maximum atomic E-state index is 12.7. The molecule has 1 aromatic carbocycles. The lowest BCUT2D eigenvalue weighted by molar-refractivity contribution is 0.0747. The zero-order valence-corrected chi connectivity index (χ0v) is 15.0. The molecule has 0 saturated heterocycles. The number of aromatic nitrogens is 1. The Morgan fingerprint density at radius 2 is 1.74 bits per heavy atom. The maximum absolute atomic E-state index is 12.7. The van der Waals surface area contributed by atoms with Crippen LogP contribution in [0.15, 0.2) is 42.5 Å². The molecule has 1 amide bonds. The minimum atomic E-state index is -0.0192. The van der Waals surface area contributed by atoms with Crippen LogP contribution in [0.1, 0.15) is 27.3 Å². The highest BCUT2D eigenvalue weighted by Crippen LogP contribution is 2.13. The molecule has 0 radical (unpaired) electrons. The van der Waals surface area contributed by atoms with Crippen molar-refractivity contribution in [1.29, 1.82) is 0 Å². The zero-order chi connectivity index (χ0) is 15.2. The summed E-state index contributed by atoms with van der Waals surface area (Å²) in [7, 11) is 0. The van der Waals surface area contributed by atoms with Gasteiger partial charge in [0.15, 0.2) is 0 Å². The molecular weight excluding hydrogens is 333 g/mol. The number of carbonyl (C=O) groups excluding carboxylic acids is 1. The second-order valence-corrected chi connectivity index (χ2v) is 5.09. The van der Waals surface area contributed by atoms with Gasteiger partial charge in [0.1, 0.15) is 0 Å². The van der Waals surface area contributed by atoms with Crippen LogP contribution in [0.25, 0.3) is 0 Å². The van der Waals surface area contributed by atoms with Crippen molar-refractivity contribution in [2.45, 2.75) is 20.4 Å². The number of carbonyl (C=O) groups is 1. The van der Waals surface area contributed by atoms with E-state index >= 15 is 0 Å². The molecule has 0 spiro atoms. The van der Waals surface area contributed by atoms with Gasteiger partial charge in [-0.3, -0.25) is 9.78 Å². The summed E-state index contributed by atoms with van der Waals surface area (Å²) >= 11 is 0. The molecule has 0 aliphatic rings. The van der Waals surface area contributed by atoms with E-state index in [1.54, 1.807) is 4.90 Å². The van der Waals surface area contributed by atoms with Gasteiger partial charge >= 0.3 is 0 Å². The van der Waals surface area contributed by atoms with Gasteiger partial charge in [-0.2, -0.15) is 0 Å². The predicted octanol–water partition coefficient (Wildman–Crippen LogP) is 3.14. The average Bonchev–Trinajstić information content (AvgIpc) is 2.47. The smallest absolute Gasteiger partial charge is 0.256 e. The van der Waals surface area contributed by atoms with Gasteiger partial charge in [0.05, 0.1) is 11.3 Å². The summed E-state index contributed by atoms with van der Waals surface area (Å²) in [6, 6.07) is 13.6. The summed E-state index contributed by atoms with van der Waals surface area (Å²) in [5, 5.41) is 0. The molecule has 2 rings (SSSR count). The van der Waals surface area contributed by atoms with Gasteiger partial charge in [0, 0.05) is 25.3 Å². The lowest BCUT2D eigenvalue weighted by Crippen LogP contribution is -2.35. The first-order chi connectivity index (χ1) is 10.1. The zero-order valence-electron chi connectivity index (χ0n) is 13.4. The second kappa shape index (κ2) is 10.2. The first-order valence-corrected chi connectivity index (χ1v) is 7.09. The van der Waals surface area contributed by atoms with Crippen LogP contribution in [-0.2, 0) is 6.54 Å². The van der Waals surface area contributed by atoms with Crippen molar-refractivity contribution in [2.24, 2.45) is 5.73 Å². The first-order valence-electron chi connectivity index (χ1n) is 7.09. The van der Waals surface area contributed by atoms with Crippen molar-refractivity contribution in [3.8, 4) is 0 Å². The molecule has 6 heteroatoms. The van der Waals surface area contributed by atoms with Crippen molar-refractivity contribution in [3.05, 3.63) is 65.0 Å². The predicted molar refractivity (Wildman–Crippen MR) is 98.4 cm³/mol. The Balaban J connectivity index is 0.00000242. The van der Waals surface area contributed by atoms with Crippen molar-refractivity contribution in [2.75, 3.05) is 13.1 Å². The van der Waals surface area contributed by atoms with Crippen LogP contribution in [-0.4, -0.2) is 28.9 Å². The molecule has 0 aliphatic carbocycles. The molecular formula is C17H23Cl2N3O. The summed E-state index contributed by atoms with van der Waals surface area (Å²) in [6.07, 6.45) is 0. The minimum Gasteiger partial charge on any atom is -0.333 e. The fourth-order valence-electron chi connectivity index (χ4n) is 2.29. The summed E-state index contributed by atoms with van der Waals surface area (Å²) in [4.78, 5) is 18.8. The highest BCUT2D eigenvalue weighted by Gasteiger charge is 2.18. The molecule has 0 saturated carbocycles. The van der Waals surface area contributed by atoms with E-state index in [0.717, 1.165) is 17.0 Å². The molecule has 0 bridgehead atoms. The van der Waals surface area contributed by atoms with Crippen LogP contribution in [0, 0.1) is 13.8 Å². The van der Waals surface area contributed by atoms with Gasteiger partial charge in [-0.1, -0.05) is 30.3 Å². The normalized spacial score (nSPS) is 9.52. The Kier molecular flexibility index (Phi) is 9.49. The monoisotopic (exact) mass is 355 g/mol. The first kappa shape index (κ1) is 21.4. The second-order valence-electron chi connectivity index (χ2n) is 5.09. The van der Waals surface area contributed by atoms with Crippen molar-refractivity contribution in [3.63, 3.8) is 0 Å². The van der Waals surface area contributed by atoms with Crippen molar-refractivity contribution >= 4 is 30.7 Å². The van der Waals surface area contributed by atoms with E-state index < -0.39 is 0 Å². The Morgan fingerprint density at radius 3 is 2.30 bits per heavy atom. The largest absolute Gasteiger partial charge is 0.333 e. The number of hydrogen-bond donors (Lipinski definition) is 1. The Labute approximate surface area is 149 Å². The van der Waals surface area contributed by atoms with Crippen LogP contribution in [0.4, 0.5) is 0 Å². The Hall–Kier alpha value is -1.62. The minimum absolute atomic E-state index is 0. The van der Waals surface area contributed by atoms with Gasteiger partial charge < -0.3 is 10.6 Å². The third-order valence-corrected chi connectivity index (χ3v) is 3.36. The lowest BCUT2D eigenvalue weighted by atomic mass is 10.1. The van der Waals surface area contributed by atoms with Gasteiger partial charge in [-0.15, -0.1) is 24.8 Å². The lowest BCUT2D eigenvalue weighted by Gasteiger charge is -2.23. The van der Waals surface area contributed by atoms with Gasteiger partial charge in [-0.05, 0) is 31.5 Å². The van der Waals surface area contributed by atoms with Crippen LogP contribution >= 0.6 is 24.8 Å². The summed E-state index contributed by atoms with van der Waals surface area (Å²) in [6.45, 7) is 5.31. The van der Waals surface area contributed by atoms with Crippen LogP contribution in [0.5, 0.6) is 0 Å². The van der Waals surface area contributed by atoms with E-state index in [1.165, 1.54) is 0 Å². The van der Waals surface area contributed by atoms with E-state index in [1.807, 2.05) is 56.3 Å². The van der Waals surface area contributed by atoms with Gasteiger partial charge in [0.2, 0.25) is 0 Å². The van der Waals surface area contributed by atoms with Gasteiger partial charge in [0.25, 0.3) is 5.91 Å². The molecule has 0 aliphatic heterocycles. The SMILES string of the molecule is Cc1ccc(C(=O)N(CCN)Cc2ccccc2)c(C)n1.Cl.Cl. The van der Waals surface area contributed by atoms with E-state index in [9.17, 15) is 4.79 Å². The number of aryl methyl sites for hydroxylation is 2. The fourth-order valence-corrected chi connectivity index (χ4v) is 2.29.